The Morgan fingerprint density at radius 3 is 2.25 bits per heavy atom. The number of halogens is 3. The molecule has 0 fully saturated rings. The number of alkyl halides is 1. The first-order valence-corrected chi connectivity index (χ1v) is 7.90. The van der Waals surface area contributed by atoms with E-state index in [2.05, 4.69) is 31.9 Å². The van der Waals surface area contributed by atoms with Gasteiger partial charge >= 0.3 is 0 Å². The molecule has 1 atom stereocenters. The molecule has 0 saturated heterocycles. The molecule has 2 aromatic carbocycles. The van der Waals surface area contributed by atoms with Gasteiger partial charge in [0.15, 0.2) is 11.5 Å². The molecule has 0 amide bonds. The maximum Gasteiger partial charge on any atom is 0.161 e. The lowest BCUT2D eigenvalue weighted by molar-refractivity contribution is 0.354. The van der Waals surface area contributed by atoms with Gasteiger partial charge in [-0.15, -0.1) is 11.6 Å². The van der Waals surface area contributed by atoms with Gasteiger partial charge in [0.05, 0.1) is 19.6 Å². The van der Waals surface area contributed by atoms with Crippen LogP contribution in [0.25, 0.3) is 0 Å². The highest BCUT2D eigenvalue weighted by molar-refractivity contribution is 9.10. The summed E-state index contributed by atoms with van der Waals surface area (Å²) in [4.78, 5) is 0. The Balaban J connectivity index is 2.46. The van der Waals surface area contributed by atoms with Gasteiger partial charge in [0, 0.05) is 8.95 Å². The van der Waals surface area contributed by atoms with Crippen molar-refractivity contribution in [3.8, 4) is 11.5 Å². The van der Waals surface area contributed by atoms with Gasteiger partial charge in [-0.3, -0.25) is 0 Å². The van der Waals surface area contributed by atoms with E-state index in [1.807, 2.05) is 36.4 Å². The van der Waals surface area contributed by atoms with Gasteiger partial charge in [-0.25, -0.2) is 0 Å². The van der Waals surface area contributed by atoms with E-state index in [0.717, 1.165) is 20.1 Å². The van der Waals surface area contributed by atoms with E-state index in [1.165, 1.54) is 0 Å². The van der Waals surface area contributed by atoms with E-state index in [9.17, 15) is 0 Å². The number of methoxy groups -OCH3 is 2. The smallest absolute Gasteiger partial charge is 0.161 e. The Hall–Kier alpha value is -0.710. The van der Waals surface area contributed by atoms with Crippen LogP contribution in [-0.2, 0) is 0 Å². The van der Waals surface area contributed by atoms with Gasteiger partial charge in [-0.1, -0.05) is 44.0 Å². The molecule has 0 radical (unpaired) electrons. The molecule has 5 heteroatoms. The van der Waals surface area contributed by atoms with Crippen molar-refractivity contribution in [3.63, 3.8) is 0 Å². The zero-order valence-electron chi connectivity index (χ0n) is 11.0. The summed E-state index contributed by atoms with van der Waals surface area (Å²) in [6.07, 6.45) is 0. The van der Waals surface area contributed by atoms with Gasteiger partial charge in [0.2, 0.25) is 0 Å². The van der Waals surface area contributed by atoms with Crippen molar-refractivity contribution in [1.82, 2.24) is 0 Å². The van der Waals surface area contributed by atoms with E-state index in [0.29, 0.717) is 11.5 Å². The fraction of sp³-hybridized carbons (Fsp3) is 0.200. The van der Waals surface area contributed by atoms with Crippen molar-refractivity contribution in [2.45, 2.75) is 5.38 Å². The van der Waals surface area contributed by atoms with E-state index < -0.39 is 0 Å². The highest BCUT2D eigenvalue weighted by Gasteiger charge is 2.18. The van der Waals surface area contributed by atoms with Crippen molar-refractivity contribution < 1.29 is 9.47 Å². The maximum atomic E-state index is 6.59. The van der Waals surface area contributed by atoms with Crippen LogP contribution in [0.3, 0.4) is 0 Å². The maximum absolute atomic E-state index is 6.59. The number of rotatable bonds is 4. The van der Waals surface area contributed by atoms with Crippen LogP contribution in [0.4, 0.5) is 0 Å². The SMILES string of the molecule is COc1cc(Br)c(C(Cl)c2cccc(Br)c2)cc1OC. The van der Waals surface area contributed by atoms with Crippen molar-refractivity contribution in [2.24, 2.45) is 0 Å². The topological polar surface area (TPSA) is 18.5 Å². The first-order valence-electron chi connectivity index (χ1n) is 5.87. The second kappa shape index (κ2) is 6.83. The summed E-state index contributed by atoms with van der Waals surface area (Å²) in [7, 11) is 3.22. The third-order valence-corrected chi connectivity index (χ3v) is 4.58. The van der Waals surface area contributed by atoms with Gasteiger partial charge in [-0.2, -0.15) is 0 Å². The molecule has 0 saturated carbocycles. The molecule has 2 aromatic rings. The largest absolute Gasteiger partial charge is 0.493 e. The average molecular weight is 421 g/mol. The Bertz CT molecular complexity index is 617. The molecule has 0 aromatic heterocycles. The Morgan fingerprint density at radius 1 is 1.00 bits per heavy atom. The monoisotopic (exact) mass is 418 g/mol. The van der Waals surface area contributed by atoms with Crippen LogP contribution >= 0.6 is 43.5 Å². The average Bonchev–Trinajstić information content (AvgIpc) is 2.46. The summed E-state index contributed by atoms with van der Waals surface area (Å²) in [5, 5.41) is -0.276. The minimum Gasteiger partial charge on any atom is -0.493 e. The summed E-state index contributed by atoms with van der Waals surface area (Å²) in [6, 6.07) is 11.7. The summed E-state index contributed by atoms with van der Waals surface area (Å²) >= 11 is 13.6. The fourth-order valence-electron chi connectivity index (χ4n) is 1.91. The minimum atomic E-state index is -0.276. The van der Waals surface area contributed by atoms with E-state index >= 15 is 0 Å². The summed E-state index contributed by atoms with van der Waals surface area (Å²) < 4.78 is 12.5. The van der Waals surface area contributed by atoms with Crippen molar-refractivity contribution in [1.29, 1.82) is 0 Å². The summed E-state index contributed by atoms with van der Waals surface area (Å²) in [6.45, 7) is 0. The van der Waals surface area contributed by atoms with Gasteiger partial charge in [0.1, 0.15) is 0 Å². The lowest BCUT2D eigenvalue weighted by Gasteiger charge is -2.16. The van der Waals surface area contributed by atoms with Crippen LogP contribution < -0.4 is 9.47 Å². The third-order valence-electron chi connectivity index (χ3n) is 2.92. The predicted octanol–water partition coefficient (Wildman–Crippen LogP) is 5.56. The summed E-state index contributed by atoms with van der Waals surface area (Å²) in [5.41, 5.74) is 1.94. The molecule has 0 bridgehead atoms. The first-order chi connectivity index (χ1) is 9.56. The second-order valence-electron chi connectivity index (χ2n) is 4.15. The fourth-order valence-corrected chi connectivity index (χ4v) is 3.32. The second-order valence-corrected chi connectivity index (χ2v) is 6.35. The van der Waals surface area contributed by atoms with Crippen LogP contribution in [0, 0.1) is 0 Å². The highest BCUT2D eigenvalue weighted by Crippen LogP contribution is 2.40. The van der Waals surface area contributed by atoms with Crippen molar-refractivity contribution in [3.05, 3.63) is 56.5 Å². The van der Waals surface area contributed by atoms with Crippen LogP contribution in [0.2, 0.25) is 0 Å². The normalized spacial score (nSPS) is 12.1. The van der Waals surface area contributed by atoms with Crippen molar-refractivity contribution in [2.75, 3.05) is 14.2 Å². The molecule has 2 rings (SSSR count). The van der Waals surface area contributed by atoms with E-state index in [4.69, 9.17) is 21.1 Å². The Morgan fingerprint density at radius 2 is 1.65 bits per heavy atom. The third kappa shape index (κ3) is 3.30. The molecule has 106 valence electrons. The standard InChI is InChI=1S/C15H13Br2ClO2/c1-19-13-7-11(12(17)8-14(13)20-2)15(18)9-4-3-5-10(16)6-9/h3-8,15H,1-2H3. The zero-order valence-corrected chi connectivity index (χ0v) is 14.9. The van der Waals surface area contributed by atoms with Crippen molar-refractivity contribution >= 4 is 43.5 Å². The van der Waals surface area contributed by atoms with Gasteiger partial charge in [-0.05, 0) is 35.4 Å². The van der Waals surface area contributed by atoms with Crippen LogP contribution in [0.15, 0.2) is 45.3 Å². The first kappa shape index (κ1) is 15.7. The molecule has 0 aliphatic heterocycles. The molecule has 2 nitrogen and oxygen atoms in total. The van der Waals surface area contributed by atoms with Crippen LogP contribution in [0.5, 0.6) is 11.5 Å². The van der Waals surface area contributed by atoms with Crippen LogP contribution in [0.1, 0.15) is 16.5 Å². The highest BCUT2D eigenvalue weighted by atomic mass is 79.9. The molecule has 0 heterocycles. The van der Waals surface area contributed by atoms with E-state index in [-0.39, 0.29) is 5.38 Å². The lowest BCUT2D eigenvalue weighted by Crippen LogP contribution is -1.98. The van der Waals surface area contributed by atoms with Crippen LogP contribution in [-0.4, -0.2) is 14.2 Å². The summed E-state index contributed by atoms with van der Waals surface area (Å²) in [5.74, 6) is 1.33. The number of hydrogen-bond acceptors (Lipinski definition) is 2. The molecule has 0 spiro atoms. The minimum absolute atomic E-state index is 0.276. The lowest BCUT2D eigenvalue weighted by atomic mass is 10.0. The molecular formula is C15H13Br2ClO2. The molecule has 1 unspecified atom stereocenters. The number of benzene rings is 2. The number of hydrogen-bond donors (Lipinski definition) is 0. The zero-order chi connectivity index (χ0) is 14.7. The van der Waals surface area contributed by atoms with E-state index in [1.54, 1.807) is 14.2 Å². The number of ether oxygens (including phenoxy) is 2. The Labute approximate surface area is 140 Å². The predicted molar refractivity (Wildman–Crippen MR) is 89.1 cm³/mol. The van der Waals surface area contributed by atoms with Gasteiger partial charge in [0.25, 0.3) is 0 Å². The Kier molecular flexibility index (Phi) is 5.35. The molecule has 0 aliphatic carbocycles. The molecule has 20 heavy (non-hydrogen) atoms. The molecule has 0 aliphatic rings. The van der Waals surface area contributed by atoms with Gasteiger partial charge < -0.3 is 9.47 Å². The molecule has 0 N–H and O–H groups in total. The molecular weight excluding hydrogens is 407 g/mol. The quantitative estimate of drug-likeness (QED) is 0.603.